The predicted octanol–water partition coefficient (Wildman–Crippen LogP) is 1.52. The maximum Gasteiger partial charge on any atom is 0.315 e. The molecule has 1 saturated heterocycles. The van der Waals surface area contributed by atoms with Gasteiger partial charge >= 0.3 is 11.8 Å². The zero-order chi connectivity index (χ0) is 15.5. The summed E-state index contributed by atoms with van der Waals surface area (Å²) in [7, 11) is 0. The molecule has 3 heterocycles. The molecule has 2 N–H and O–H groups in total. The first kappa shape index (κ1) is 14.7. The third-order valence-corrected chi connectivity index (χ3v) is 4.56. The number of carbonyl (C=O) groups excluding carboxylic acids is 2. The topological polar surface area (TPSA) is 91.0 Å². The number of likely N-dealkylation sites (tertiary alicyclic amines) is 1. The molecule has 1 aliphatic heterocycles. The van der Waals surface area contributed by atoms with Crippen LogP contribution in [0.2, 0.25) is 0 Å². The number of anilines is 1. The highest BCUT2D eigenvalue weighted by atomic mass is 32.1. The fourth-order valence-corrected chi connectivity index (χ4v) is 3.28. The number of amides is 2. The minimum absolute atomic E-state index is 0.228. The van der Waals surface area contributed by atoms with E-state index in [-0.39, 0.29) is 5.92 Å². The third kappa shape index (κ3) is 3.16. The summed E-state index contributed by atoms with van der Waals surface area (Å²) in [6.45, 7) is 3.05. The van der Waals surface area contributed by atoms with E-state index in [2.05, 4.69) is 20.5 Å². The third-order valence-electron chi connectivity index (χ3n) is 3.74. The van der Waals surface area contributed by atoms with Crippen LogP contribution in [0.5, 0.6) is 0 Å². The molecule has 0 saturated carbocycles. The van der Waals surface area contributed by atoms with E-state index < -0.39 is 11.8 Å². The second-order valence-electron chi connectivity index (χ2n) is 5.35. The van der Waals surface area contributed by atoms with Crippen molar-refractivity contribution in [1.29, 1.82) is 0 Å². The van der Waals surface area contributed by atoms with Crippen LogP contribution in [0, 0.1) is 6.92 Å². The van der Waals surface area contributed by atoms with Gasteiger partial charge in [-0.3, -0.25) is 20.0 Å². The van der Waals surface area contributed by atoms with Gasteiger partial charge in [-0.15, -0.1) is 11.3 Å². The number of aromatic nitrogens is 3. The van der Waals surface area contributed by atoms with Crippen molar-refractivity contribution in [2.75, 3.05) is 18.4 Å². The lowest BCUT2D eigenvalue weighted by atomic mass is 9.93. The first-order chi connectivity index (χ1) is 10.6. The van der Waals surface area contributed by atoms with E-state index in [0.717, 1.165) is 23.3 Å². The maximum atomic E-state index is 12.3. The molecule has 116 valence electrons. The van der Waals surface area contributed by atoms with Crippen LogP contribution in [-0.4, -0.2) is 45.0 Å². The van der Waals surface area contributed by atoms with E-state index in [9.17, 15) is 9.59 Å². The zero-order valence-electron chi connectivity index (χ0n) is 12.2. The lowest BCUT2D eigenvalue weighted by Gasteiger charge is -2.31. The van der Waals surface area contributed by atoms with Gasteiger partial charge in [-0.05, 0) is 25.3 Å². The normalized spacial score (nSPS) is 18.2. The van der Waals surface area contributed by atoms with Crippen LogP contribution >= 0.6 is 11.3 Å². The summed E-state index contributed by atoms with van der Waals surface area (Å²) >= 11 is 1.35. The Hall–Kier alpha value is -2.22. The lowest BCUT2D eigenvalue weighted by molar-refractivity contribution is -0.144. The second kappa shape index (κ2) is 6.27. The minimum atomic E-state index is -0.623. The first-order valence-corrected chi connectivity index (χ1v) is 7.96. The molecule has 0 radical (unpaired) electrons. The molecule has 0 aromatic carbocycles. The van der Waals surface area contributed by atoms with E-state index in [1.165, 1.54) is 11.3 Å². The Balaban J connectivity index is 1.62. The van der Waals surface area contributed by atoms with Crippen molar-refractivity contribution < 1.29 is 9.59 Å². The summed E-state index contributed by atoms with van der Waals surface area (Å²) in [6, 6.07) is 0. The molecule has 1 atom stereocenters. The van der Waals surface area contributed by atoms with Crippen molar-refractivity contribution in [2.24, 2.45) is 0 Å². The summed E-state index contributed by atoms with van der Waals surface area (Å²) in [5.41, 5.74) is 1.08. The van der Waals surface area contributed by atoms with Crippen molar-refractivity contribution in [2.45, 2.75) is 25.7 Å². The Kier molecular flexibility index (Phi) is 4.19. The Morgan fingerprint density at radius 3 is 3.00 bits per heavy atom. The number of carbonyl (C=O) groups is 2. The number of piperidine rings is 1. The van der Waals surface area contributed by atoms with Crippen LogP contribution in [0.1, 0.15) is 29.2 Å². The fraction of sp³-hybridized carbons (Fsp3) is 0.429. The molecule has 2 aromatic heterocycles. The SMILES string of the molecule is Cc1cnc(NC(=O)C(=O)N2CCC[C@H](c3cn[nH]c3)C2)s1. The molecule has 0 spiro atoms. The van der Waals surface area contributed by atoms with Crippen LogP contribution in [0.25, 0.3) is 0 Å². The van der Waals surface area contributed by atoms with E-state index in [1.807, 2.05) is 13.1 Å². The highest BCUT2D eigenvalue weighted by Gasteiger charge is 2.29. The van der Waals surface area contributed by atoms with Gasteiger partial charge in [0.15, 0.2) is 5.13 Å². The highest BCUT2D eigenvalue weighted by molar-refractivity contribution is 7.15. The summed E-state index contributed by atoms with van der Waals surface area (Å²) in [6.07, 6.45) is 7.16. The average molecular weight is 319 g/mol. The zero-order valence-corrected chi connectivity index (χ0v) is 13.0. The Morgan fingerprint density at radius 2 is 2.32 bits per heavy atom. The van der Waals surface area contributed by atoms with Gasteiger partial charge in [0.1, 0.15) is 0 Å². The monoisotopic (exact) mass is 319 g/mol. The molecule has 1 fully saturated rings. The highest BCUT2D eigenvalue weighted by Crippen LogP contribution is 2.26. The Bertz CT molecular complexity index is 667. The maximum absolute atomic E-state index is 12.3. The van der Waals surface area contributed by atoms with Crippen LogP contribution in [0.3, 0.4) is 0 Å². The van der Waals surface area contributed by atoms with Crippen molar-refractivity contribution in [3.05, 3.63) is 29.0 Å². The van der Waals surface area contributed by atoms with Gasteiger partial charge in [-0.2, -0.15) is 5.10 Å². The predicted molar refractivity (Wildman–Crippen MR) is 82.6 cm³/mol. The largest absolute Gasteiger partial charge is 0.334 e. The fourth-order valence-electron chi connectivity index (χ4n) is 2.62. The van der Waals surface area contributed by atoms with Gasteiger partial charge in [-0.25, -0.2) is 4.98 Å². The van der Waals surface area contributed by atoms with Crippen molar-refractivity contribution in [3.8, 4) is 0 Å². The van der Waals surface area contributed by atoms with Crippen LogP contribution < -0.4 is 5.32 Å². The number of aromatic amines is 1. The summed E-state index contributed by atoms with van der Waals surface area (Å²) in [5.74, 6) is -0.894. The van der Waals surface area contributed by atoms with Crippen LogP contribution in [0.15, 0.2) is 18.6 Å². The van der Waals surface area contributed by atoms with Crippen molar-refractivity contribution >= 4 is 28.3 Å². The standard InChI is InChI=1S/C14H17N5O2S/c1-9-5-15-14(22-9)18-12(20)13(21)19-4-2-3-10(8-19)11-6-16-17-7-11/h5-7,10H,2-4,8H2,1H3,(H,16,17)(H,15,18,20)/t10-/m0/s1. The van der Waals surface area contributed by atoms with E-state index in [1.54, 1.807) is 17.3 Å². The molecule has 7 nitrogen and oxygen atoms in total. The molecule has 2 amide bonds. The van der Waals surface area contributed by atoms with Gasteiger partial charge in [0.05, 0.1) is 6.20 Å². The molecule has 1 aliphatic rings. The Labute approximate surface area is 131 Å². The minimum Gasteiger partial charge on any atom is -0.334 e. The van der Waals surface area contributed by atoms with Crippen LogP contribution in [0.4, 0.5) is 5.13 Å². The molecule has 22 heavy (non-hydrogen) atoms. The quantitative estimate of drug-likeness (QED) is 0.821. The summed E-state index contributed by atoms with van der Waals surface area (Å²) in [4.78, 5) is 31.0. The van der Waals surface area contributed by atoms with E-state index in [4.69, 9.17) is 0 Å². The molecule has 0 bridgehead atoms. The number of thiazole rings is 1. The Morgan fingerprint density at radius 1 is 1.45 bits per heavy atom. The molecule has 0 aliphatic carbocycles. The lowest BCUT2D eigenvalue weighted by Crippen LogP contribution is -2.44. The molecule has 0 unspecified atom stereocenters. The molecular formula is C14H17N5O2S. The van der Waals surface area contributed by atoms with Gasteiger partial charge in [0.25, 0.3) is 0 Å². The molecule has 8 heteroatoms. The van der Waals surface area contributed by atoms with E-state index in [0.29, 0.717) is 18.2 Å². The first-order valence-electron chi connectivity index (χ1n) is 7.15. The van der Waals surface area contributed by atoms with Gasteiger partial charge in [0.2, 0.25) is 0 Å². The average Bonchev–Trinajstić information content (AvgIpc) is 3.18. The number of aryl methyl sites for hydroxylation is 1. The second-order valence-corrected chi connectivity index (χ2v) is 6.59. The van der Waals surface area contributed by atoms with Gasteiger partial charge in [-0.1, -0.05) is 0 Å². The van der Waals surface area contributed by atoms with Crippen molar-refractivity contribution in [3.63, 3.8) is 0 Å². The molecular weight excluding hydrogens is 302 g/mol. The van der Waals surface area contributed by atoms with Crippen molar-refractivity contribution in [1.82, 2.24) is 20.1 Å². The molecule has 2 aromatic rings. The van der Waals surface area contributed by atoms with Crippen LogP contribution in [-0.2, 0) is 9.59 Å². The van der Waals surface area contributed by atoms with Gasteiger partial charge in [0, 0.05) is 36.3 Å². The number of hydrogen-bond acceptors (Lipinski definition) is 5. The van der Waals surface area contributed by atoms with Gasteiger partial charge < -0.3 is 4.90 Å². The number of nitrogens with one attached hydrogen (secondary N) is 2. The smallest absolute Gasteiger partial charge is 0.315 e. The number of hydrogen-bond donors (Lipinski definition) is 2. The van der Waals surface area contributed by atoms with E-state index >= 15 is 0 Å². The number of rotatable bonds is 2. The number of nitrogens with zero attached hydrogens (tertiary/aromatic N) is 3. The summed E-state index contributed by atoms with van der Waals surface area (Å²) < 4.78 is 0. The molecule has 3 rings (SSSR count). The number of H-pyrrole nitrogens is 1. The summed E-state index contributed by atoms with van der Waals surface area (Å²) in [5, 5.41) is 9.76.